The maximum Gasteiger partial charge on any atom is 0.269 e. The number of nitrogens with zero attached hydrogens (tertiary/aromatic N) is 2. The summed E-state index contributed by atoms with van der Waals surface area (Å²) in [7, 11) is 0. The normalized spacial score (nSPS) is 11.2. The van der Waals surface area contributed by atoms with Crippen molar-refractivity contribution in [1.82, 2.24) is 0 Å². The van der Waals surface area contributed by atoms with E-state index in [2.05, 4.69) is 11.9 Å². The van der Waals surface area contributed by atoms with E-state index in [1.165, 1.54) is 82.8 Å². The predicted octanol–water partition coefficient (Wildman–Crippen LogP) is 8.29. The molecule has 0 spiro atoms. The molecule has 0 saturated heterocycles. The molecule has 2 rings (SSSR count). The molecule has 0 fully saturated rings. The topological polar surface area (TPSA) is 64.7 Å². The molecule has 0 aliphatic carbocycles. The number of non-ortho nitro benzene ring substituents is 1. The molecule has 0 aliphatic rings. The highest BCUT2D eigenvalue weighted by Gasteiger charge is 2.04. The van der Waals surface area contributed by atoms with Crippen LogP contribution in [0.4, 0.5) is 5.69 Å². The molecule has 5 heteroatoms. The van der Waals surface area contributed by atoms with Crippen molar-refractivity contribution in [3.63, 3.8) is 0 Å². The lowest BCUT2D eigenvalue weighted by Gasteiger charge is -2.06. The van der Waals surface area contributed by atoms with E-state index >= 15 is 0 Å². The third kappa shape index (κ3) is 12.2. The fourth-order valence-corrected chi connectivity index (χ4v) is 3.74. The number of nitro benzene ring substituents is 1. The molecule has 2 aromatic rings. The Morgan fingerprint density at radius 1 is 0.788 bits per heavy atom. The van der Waals surface area contributed by atoms with Gasteiger partial charge in [0, 0.05) is 24.9 Å². The molecular formula is C28H40N2O3. The number of benzene rings is 2. The lowest BCUT2D eigenvalue weighted by atomic mass is 10.1. The number of nitro groups is 1. The molecular weight excluding hydrogens is 412 g/mol. The van der Waals surface area contributed by atoms with Crippen LogP contribution in [-0.2, 0) is 6.61 Å². The molecule has 180 valence electrons. The second-order valence-corrected chi connectivity index (χ2v) is 8.71. The molecule has 2 aromatic carbocycles. The van der Waals surface area contributed by atoms with Gasteiger partial charge in [-0.3, -0.25) is 15.1 Å². The van der Waals surface area contributed by atoms with Gasteiger partial charge in [0.2, 0.25) is 0 Å². The summed E-state index contributed by atoms with van der Waals surface area (Å²) < 4.78 is 5.76. The molecule has 0 amide bonds. The predicted molar refractivity (Wildman–Crippen MR) is 137 cm³/mol. The maximum atomic E-state index is 10.7. The summed E-state index contributed by atoms with van der Waals surface area (Å²) in [6, 6.07) is 14.3. The molecule has 0 radical (unpaired) electrons. The number of unbranched alkanes of at least 4 members (excludes halogenated alkanes) is 11. The zero-order valence-electron chi connectivity index (χ0n) is 20.2. The number of rotatable bonds is 18. The van der Waals surface area contributed by atoms with Gasteiger partial charge in [-0.15, -0.1) is 0 Å². The van der Waals surface area contributed by atoms with Crippen LogP contribution in [0.5, 0.6) is 5.75 Å². The molecule has 0 N–H and O–H groups in total. The van der Waals surface area contributed by atoms with E-state index in [4.69, 9.17) is 4.74 Å². The van der Waals surface area contributed by atoms with Crippen molar-refractivity contribution in [2.75, 3.05) is 6.54 Å². The van der Waals surface area contributed by atoms with Crippen molar-refractivity contribution < 1.29 is 9.66 Å². The van der Waals surface area contributed by atoms with Gasteiger partial charge < -0.3 is 4.74 Å². The third-order valence-corrected chi connectivity index (χ3v) is 5.81. The molecule has 0 aromatic heterocycles. The summed E-state index contributed by atoms with van der Waals surface area (Å²) >= 11 is 0. The molecule has 5 nitrogen and oxygen atoms in total. The van der Waals surface area contributed by atoms with Crippen LogP contribution >= 0.6 is 0 Å². The molecule has 0 unspecified atom stereocenters. The monoisotopic (exact) mass is 452 g/mol. The second-order valence-electron chi connectivity index (χ2n) is 8.71. The minimum Gasteiger partial charge on any atom is -0.489 e. The van der Waals surface area contributed by atoms with Crippen LogP contribution < -0.4 is 4.74 Å². The summed E-state index contributed by atoms with van der Waals surface area (Å²) in [4.78, 5) is 14.9. The van der Waals surface area contributed by atoms with Gasteiger partial charge in [-0.1, -0.05) is 77.6 Å². The standard InChI is InChI=1S/C28H40N2O3/c1-2-3-4-5-6-7-8-9-10-11-12-13-22-29-23-25-16-20-28(21-17-25)33-24-26-14-18-27(19-15-26)30(31)32/h14-21,23H,2-13,22,24H2,1H3. The molecule has 33 heavy (non-hydrogen) atoms. The van der Waals surface area contributed by atoms with Crippen molar-refractivity contribution in [2.24, 2.45) is 4.99 Å². The van der Waals surface area contributed by atoms with E-state index in [1.807, 2.05) is 30.5 Å². The Kier molecular flexibility index (Phi) is 13.6. The van der Waals surface area contributed by atoms with E-state index < -0.39 is 4.92 Å². The first-order valence-corrected chi connectivity index (χ1v) is 12.6. The highest BCUT2D eigenvalue weighted by Crippen LogP contribution is 2.16. The Balaban J connectivity index is 1.50. The van der Waals surface area contributed by atoms with Crippen LogP contribution in [-0.4, -0.2) is 17.7 Å². The van der Waals surface area contributed by atoms with Gasteiger partial charge in [0.25, 0.3) is 5.69 Å². The largest absolute Gasteiger partial charge is 0.489 e. The Morgan fingerprint density at radius 2 is 1.33 bits per heavy atom. The van der Waals surface area contributed by atoms with Gasteiger partial charge in [-0.05, 0) is 53.9 Å². The van der Waals surface area contributed by atoms with Gasteiger partial charge >= 0.3 is 0 Å². The lowest BCUT2D eigenvalue weighted by Crippen LogP contribution is -1.96. The Bertz CT molecular complexity index is 801. The SMILES string of the molecule is CCCCCCCCCCCCCCN=Cc1ccc(OCc2ccc([N+](=O)[O-])cc2)cc1. The Morgan fingerprint density at radius 3 is 1.88 bits per heavy atom. The average molecular weight is 453 g/mol. The fraction of sp³-hybridized carbons (Fsp3) is 0.536. The van der Waals surface area contributed by atoms with E-state index in [0.29, 0.717) is 6.61 Å². The van der Waals surface area contributed by atoms with Crippen molar-refractivity contribution in [3.8, 4) is 5.75 Å². The maximum absolute atomic E-state index is 10.7. The van der Waals surface area contributed by atoms with Crippen molar-refractivity contribution in [1.29, 1.82) is 0 Å². The van der Waals surface area contributed by atoms with Gasteiger partial charge in [-0.2, -0.15) is 0 Å². The summed E-state index contributed by atoms with van der Waals surface area (Å²) in [5, 5.41) is 10.7. The Hall–Kier alpha value is -2.69. The van der Waals surface area contributed by atoms with Crippen LogP contribution in [0.25, 0.3) is 0 Å². The van der Waals surface area contributed by atoms with Gasteiger partial charge in [0.1, 0.15) is 12.4 Å². The number of hydrogen-bond donors (Lipinski definition) is 0. The van der Waals surface area contributed by atoms with E-state index in [-0.39, 0.29) is 5.69 Å². The van der Waals surface area contributed by atoms with Gasteiger partial charge in [0.15, 0.2) is 0 Å². The molecule has 0 saturated carbocycles. The zero-order chi connectivity index (χ0) is 23.6. The van der Waals surface area contributed by atoms with Crippen LogP contribution in [0.15, 0.2) is 53.5 Å². The molecule has 0 heterocycles. The van der Waals surface area contributed by atoms with Crippen LogP contribution in [0.1, 0.15) is 95.1 Å². The zero-order valence-corrected chi connectivity index (χ0v) is 20.2. The summed E-state index contributed by atoms with van der Waals surface area (Å²) in [6.45, 7) is 3.54. The molecule has 0 aliphatic heterocycles. The van der Waals surface area contributed by atoms with Crippen LogP contribution in [0.2, 0.25) is 0 Å². The Labute approximate surface area is 199 Å². The smallest absolute Gasteiger partial charge is 0.269 e. The highest BCUT2D eigenvalue weighted by atomic mass is 16.6. The van der Waals surface area contributed by atoms with Crippen LogP contribution in [0.3, 0.4) is 0 Å². The number of ether oxygens (including phenoxy) is 1. The fourth-order valence-electron chi connectivity index (χ4n) is 3.74. The number of aliphatic imine (C=N–C) groups is 1. The minimum atomic E-state index is -0.400. The van der Waals surface area contributed by atoms with Crippen molar-refractivity contribution in [2.45, 2.75) is 90.6 Å². The summed E-state index contributed by atoms with van der Waals surface area (Å²) in [5.41, 5.74) is 2.05. The van der Waals surface area contributed by atoms with Crippen molar-refractivity contribution in [3.05, 3.63) is 69.8 Å². The first-order valence-electron chi connectivity index (χ1n) is 12.6. The average Bonchev–Trinajstić information content (AvgIpc) is 2.84. The van der Waals surface area contributed by atoms with Crippen molar-refractivity contribution >= 4 is 11.9 Å². The quantitative estimate of drug-likeness (QED) is 0.0988. The minimum absolute atomic E-state index is 0.0888. The first kappa shape index (κ1) is 26.6. The molecule has 0 atom stereocenters. The van der Waals surface area contributed by atoms with E-state index in [9.17, 15) is 10.1 Å². The number of hydrogen-bond acceptors (Lipinski definition) is 4. The first-order chi connectivity index (χ1) is 16.2. The van der Waals surface area contributed by atoms with Gasteiger partial charge in [-0.25, -0.2) is 0 Å². The molecule has 0 bridgehead atoms. The third-order valence-electron chi connectivity index (χ3n) is 5.81. The van der Waals surface area contributed by atoms with E-state index in [0.717, 1.165) is 29.8 Å². The van der Waals surface area contributed by atoms with Crippen LogP contribution in [0, 0.1) is 10.1 Å². The second kappa shape index (κ2) is 16.9. The summed E-state index contributed by atoms with van der Waals surface area (Å²) in [6.07, 6.45) is 18.2. The highest BCUT2D eigenvalue weighted by molar-refractivity contribution is 5.79. The lowest BCUT2D eigenvalue weighted by molar-refractivity contribution is -0.384. The van der Waals surface area contributed by atoms with E-state index in [1.54, 1.807) is 12.1 Å². The van der Waals surface area contributed by atoms with Gasteiger partial charge in [0.05, 0.1) is 4.92 Å². The summed E-state index contributed by atoms with van der Waals surface area (Å²) in [5.74, 6) is 0.770.